The molecule has 8 nitrogen and oxygen atoms in total. The van der Waals surface area contributed by atoms with Crippen molar-refractivity contribution in [3.8, 4) is 23.3 Å². The third-order valence-electron chi connectivity index (χ3n) is 5.00. The van der Waals surface area contributed by atoms with Crippen molar-refractivity contribution in [2.45, 2.75) is 12.8 Å². The minimum atomic E-state index is -0.801. The van der Waals surface area contributed by atoms with E-state index in [-0.39, 0.29) is 36.2 Å². The first kappa shape index (κ1) is 20.2. The monoisotopic (exact) mass is 420 g/mol. The van der Waals surface area contributed by atoms with Crippen molar-refractivity contribution in [3.63, 3.8) is 0 Å². The number of esters is 1. The fraction of sp³-hybridized carbons (Fsp3) is 0.217. The zero-order valence-electron chi connectivity index (χ0n) is 17.0. The molecule has 1 atom stereocenters. The summed E-state index contributed by atoms with van der Waals surface area (Å²) in [6.45, 7) is 1.97. The molecule has 0 aliphatic carbocycles. The molecule has 0 fully saturated rings. The quantitative estimate of drug-likeness (QED) is 0.734. The van der Waals surface area contributed by atoms with Crippen molar-refractivity contribution in [2.24, 2.45) is 5.73 Å². The number of hydrogen-bond acceptors (Lipinski definition) is 8. The fourth-order valence-corrected chi connectivity index (χ4v) is 3.56. The molecule has 0 saturated heterocycles. The number of methoxy groups -OCH3 is 1. The maximum absolute atomic E-state index is 13.1. The number of fused-ring (bicyclic) bond motifs is 1. The minimum Gasteiger partial charge on any atom is -0.497 e. The molecule has 1 unspecified atom stereocenters. The van der Waals surface area contributed by atoms with E-state index in [4.69, 9.17) is 29.4 Å². The van der Waals surface area contributed by atoms with Crippen LogP contribution in [0.15, 0.2) is 59.5 Å². The highest BCUT2D eigenvalue weighted by atomic mass is 16.7. The van der Waals surface area contributed by atoms with E-state index in [1.807, 2.05) is 0 Å². The van der Waals surface area contributed by atoms with Gasteiger partial charge in [0.2, 0.25) is 12.7 Å². The topological polar surface area (TPSA) is 113 Å². The first-order chi connectivity index (χ1) is 15.1. The van der Waals surface area contributed by atoms with Crippen molar-refractivity contribution < 1.29 is 28.5 Å². The Morgan fingerprint density at radius 3 is 2.61 bits per heavy atom. The molecule has 0 radical (unpaired) electrons. The van der Waals surface area contributed by atoms with Gasteiger partial charge in [-0.2, -0.15) is 5.26 Å². The summed E-state index contributed by atoms with van der Waals surface area (Å²) in [5, 5.41) is 9.83. The number of nitriles is 1. The Balaban J connectivity index is 1.92. The molecular formula is C23H20N2O6. The summed E-state index contributed by atoms with van der Waals surface area (Å²) in [5.41, 5.74) is 7.62. The van der Waals surface area contributed by atoms with Crippen molar-refractivity contribution in [1.82, 2.24) is 0 Å². The van der Waals surface area contributed by atoms with Gasteiger partial charge >= 0.3 is 5.97 Å². The number of rotatable bonds is 5. The summed E-state index contributed by atoms with van der Waals surface area (Å²) < 4.78 is 27.2. The van der Waals surface area contributed by atoms with Gasteiger partial charge in [0.05, 0.1) is 25.2 Å². The first-order valence-electron chi connectivity index (χ1n) is 9.60. The van der Waals surface area contributed by atoms with Crippen LogP contribution in [0.4, 0.5) is 0 Å². The van der Waals surface area contributed by atoms with Crippen LogP contribution in [0.2, 0.25) is 0 Å². The van der Waals surface area contributed by atoms with E-state index in [9.17, 15) is 10.1 Å². The van der Waals surface area contributed by atoms with Gasteiger partial charge in [0.25, 0.3) is 0 Å². The zero-order valence-corrected chi connectivity index (χ0v) is 17.0. The minimum absolute atomic E-state index is 0.0796. The summed E-state index contributed by atoms with van der Waals surface area (Å²) >= 11 is 0. The number of nitrogens with two attached hydrogens (primary N) is 1. The molecule has 2 aromatic rings. The Morgan fingerprint density at radius 2 is 1.94 bits per heavy atom. The number of hydrogen-bond donors (Lipinski definition) is 1. The molecule has 31 heavy (non-hydrogen) atoms. The molecule has 158 valence electrons. The molecule has 0 spiro atoms. The van der Waals surface area contributed by atoms with E-state index in [0.717, 1.165) is 0 Å². The van der Waals surface area contributed by atoms with Gasteiger partial charge in [0.1, 0.15) is 23.2 Å². The molecule has 2 aromatic carbocycles. The Labute approximate surface area is 179 Å². The van der Waals surface area contributed by atoms with Crippen LogP contribution in [0, 0.1) is 11.3 Å². The van der Waals surface area contributed by atoms with Gasteiger partial charge in [-0.3, -0.25) is 0 Å². The normalized spacial score (nSPS) is 17.1. The zero-order chi connectivity index (χ0) is 22.0. The summed E-state index contributed by atoms with van der Waals surface area (Å²) in [6, 6.07) is 14.3. The first-order valence-corrected chi connectivity index (χ1v) is 9.60. The number of nitrogens with zero attached hydrogens (tertiary/aromatic N) is 1. The molecular weight excluding hydrogens is 400 g/mol. The van der Waals surface area contributed by atoms with E-state index < -0.39 is 11.9 Å². The van der Waals surface area contributed by atoms with Gasteiger partial charge in [-0.25, -0.2) is 4.79 Å². The highest BCUT2D eigenvalue weighted by molar-refractivity contribution is 6.00. The lowest BCUT2D eigenvalue weighted by Gasteiger charge is -2.28. The van der Waals surface area contributed by atoms with E-state index in [1.54, 1.807) is 56.5 Å². The predicted molar refractivity (Wildman–Crippen MR) is 110 cm³/mol. The highest BCUT2D eigenvalue weighted by Gasteiger charge is 2.38. The van der Waals surface area contributed by atoms with Gasteiger partial charge in [0, 0.05) is 5.56 Å². The third kappa shape index (κ3) is 3.62. The summed E-state index contributed by atoms with van der Waals surface area (Å²) in [7, 11) is 1.56. The van der Waals surface area contributed by atoms with Crippen LogP contribution >= 0.6 is 0 Å². The van der Waals surface area contributed by atoms with E-state index in [2.05, 4.69) is 6.07 Å². The lowest BCUT2D eigenvalue weighted by atomic mass is 9.82. The number of allylic oxidation sites excluding steroid dienone is 1. The lowest BCUT2D eigenvalue weighted by Crippen LogP contribution is -2.25. The maximum Gasteiger partial charge on any atom is 0.338 e. The fourth-order valence-electron chi connectivity index (χ4n) is 3.56. The predicted octanol–water partition coefficient (Wildman–Crippen LogP) is 3.21. The second-order valence-corrected chi connectivity index (χ2v) is 6.73. The molecule has 0 bridgehead atoms. The largest absolute Gasteiger partial charge is 0.497 e. The Hall–Kier alpha value is -4.12. The third-order valence-corrected chi connectivity index (χ3v) is 5.00. The van der Waals surface area contributed by atoms with Crippen LogP contribution in [0.3, 0.4) is 0 Å². The molecule has 0 saturated carbocycles. The van der Waals surface area contributed by atoms with Gasteiger partial charge < -0.3 is 29.4 Å². The maximum atomic E-state index is 13.1. The Kier molecular flexibility index (Phi) is 5.41. The molecule has 0 aromatic heterocycles. The molecule has 2 N–H and O–H groups in total. The standard InChI is InChI=1S/C23H20N2O6/c1-3-28-23(26)20-19(14-6-9-17-18(10-14)30-12-29-17)16(11-24)22(25)31-21(20)13-4-7-15(27-2)8-5-13/h4-10,19H,3,12,25H2,1-2H3. The number of benzene rings is 2. The van der Waals surface area contributed by atoms with Crippen molar-refractivity contribution >= 4 is 11.7 Å². The number of carbonyl (C=O) groups is 1. The van der Waals surface area contributed by atoms with E-state index in [0.29, 0.717) is 28.4 Å². The highest BCUT2D eigenvalue weighted by Crippen LogP contribution is 2.45. The number of carbonyl (C=O) groups excluding carboxylic acids is 1. The van der Waals surface area contributed by atoms with Gasteiger partial charge in [0.15, 0.2) is 11.5 Å². The van der Waals surface area contributed by atoms with Crippen molar-refractivity contribution in [2.75, 3.05) is 20.5 Å². The second kappa shape index (κ2) is 8.32. The van der Waals surface area contributed by atoms with Crippen LogP contribution in [0.25, 0.3) is 5.76 Å². The molecule has 0 amide bonds. The van der Waals surface area contributed by atoms with Gasteiger partial charge in [-0.15, -0.1) is 0 Å². The van der Waals surface area contributed by atoms with Crippen LogP contribution in [0.1, 0.15) is 24.0 Å². The summed E-state index contributed by atoms with van der Waals surface area (Å²) in [4.78, 5) is 13.1. The molecule has 2 heterocycles. The molecule has 2 aliphatic heterocycles. The summed E-state index contributed by atoms with van der Waals surface area (Å²) in [6.07, 6.45) is 0. The average molecular weight is 420 g/mol. The average Bonchev–Trinajstić information content (AvgIpc) is 3.26. The van der Waals surface area contributed by atoms with Gasteiger partial charge in [-0.05, 0) is 48.9 Å². The molecule has 4 rings (SSSR count). The number of ether oxygens (including phenoxy) is 5. The van der Waals surface area contributed by atoms with Gasteiger partial charge in [-0.1, -0.05) is 6.07 Å². The van der Waals surface area contributed by atoms with Crippen LogP contribution in [-0.2, 0) is 14.3 Å². The summed E-state index contributed by atoms with van der Waals surface area (Å²) in [5.74, 6) is 0.494. The smallest absolute Gasteiger partial charge is 0.338 e. The molecule has 2 aliphatic rings. The molecule has 8 heteroatoms. The van der Waals surface area contributed by atoms with E-state index >= 15 is 0 Å². The van der Waals surface area contributed by atoms with Crippen molar-refractivity contribution in [3.05, 3.63) is 70.6 Å². The Bertz CT molecular complexity index is 1130. The Morgan fingerprint density at radius 1 is 1.19 bits per heavy atom. The van der Waals surface area contributed by atoms with Crippen molar-refractivity contribution in [1.29, 1.82) is 5.26 Å². The van der Waals surface area contributed by atoms with E-state index in [1.165, 1.54) is 0 Å². The van der Waals surface area contributed by atoms with Crippen LogP contribution in [-0.4, -0.2) is 26.5 Å². The van der Waals surface area contributed by atoms with Crippen LogP contribution in [0.5, 0.6) is 17.2 Å². The second-order valence-electron chi connectivity index (χ2n) is 6.73. The SMILES string of the molecule is CCOC(=O)C1=C(c2ccc(OC)cc2)OC(N)=C(C#N)C1c1ccc2c(c1)OCO2. The van der Waals surface area contributed by atoms with Crippen LogP contribution < -0.4 is 19.9 Å². The lowest BCUT2D eigenvalue weighted by molar-refractivity contribution is -0.138.